The summed E-state index contributed by atoms with van der Waals surface area (Å²) in [5, 5.41) is 2.95. The number of methoxy groups -OCH3 is 1. The third kappa shape index (κ3) is 2.29. The molecule has 2 aromatic rings. The van der Waals surface area contributed by atoms with E-state index in [9.17, 15) is 9.59 Å². The highest BCUT2D eigenvalue weighted by Crippen LogP contribution is 2.31. The second-order valence-electron chi connectivity index (χ2n) is 4.46. The van der Waals surface area contributed by atoms with E-state index in [0.717, 1.165) is 0 Å². The van der Waals surface area contributed by atoms with Crippen molar-refractivity contribution in [1.82, 2.24) is 9.97 Å². The Balaban J connectivity index is 2.06. The minimum absolute atomic E-state index is 0.0949. The lowest BCUT2D eigenvalue weighted by molar-refractivity contribution is 0.0979. The normalized spacial score (nSPS) is 13.9. The van der Waals surface area contributed by atoms with E-state index in [1.807, 2.05) is 6.07 Å². The minimum atomic E-state index is -0.366. The molecule has 0 saturated carbocycles. The lowest BCUT2D eigenvalue weighted by Gasteiger charge is -2.19. The molecule has 1 aromatic carbocycles. The SMILES string of the molecule is COc1ccccc1NC1=C(Br)C(=O)c2ncncc2C1=O. The average Bonchev–Trinajstić information content (AvgIpc) is 2.57. The Bertz CT molecular complexity index is 817. The van der Waals surface area contributed by atoms with Crippen LogP contribution in [0, 0.1) is 0 Å². The van der Waals surface area contributed by atoms with Crippen LogP contribution in [0.1, 0.15) is 20.8 Å². The second-order valence-corrected chi connectivity index (χ2v) is 5.25. The summed E-state index contributed by atoms with van der Waals surface area (Å²) < 4.78 is 5.37. The fourth-order valence-electron chi connectivity index (χ4n) is 2.12. The van der Waals surface area contributed by atoms with E-state index in [0.29, 0.717) is 11.4 Å². The molecule has 1 aromatic heterocycles. The van der Waals surface area contributed by atoms with Gasteiger partial charge in [-0.3, -0.25) is 9.59 Å². The predicted octanol–water partition coefficient (Wildman–Crippen LogP) is 2.58. The number of Topliss-reactive ketones (excluding diaryl/α,β-unsaturated/α-hetero) is 2. The number of aromatic nitrogens is 2. The fraction of sp³-hybridized carbons (Fsp3) is 0.0667. The van der Waals surface area contributed by atoms with Crippen LogP contribution < -0.4 is 10.1 Å². The number of ketones is 2. The molecule has 0 spiro atoms. The number of fused-ring (bicyclic) bond motifs is 1. The number of hydrogen-bond acceptors (Lipinski definition) is 6. The van der Waals surface area contributed by atoms with Crippen LogP contribution in [0.3, 0.4) is 0 Å². The van der Waals surface area contributed by atoms with Crippen LogP contribution in [0.5, 0.6) is 5.75 Å². The van der Waals surface area contributed by atoms with Crippen LogP contribution >= 0.6 is 15.9 Å². The van der Waals surface area contributed by atoms with Crippen LogP contribution in [-0.4, -0.2) is 28.6 Å². The molecule has 0 unspecified atom stereocenters. The summed E-state index contributed by atoms with van der Waals surface area (Å²) in [6, 6.07) is 7.11. The number of para-hydroxylation sites is 2. The molecule has 0 atom stereocenters. The number of nitrogens with zero attached hydrogens (tertiary/aromatic N) is 2. The van der Waals surface area contributed by atoms with Crippen molar-refractivity contribution in [2.24, 2.45) is 0 Å². The Morgan fingerprint density at radius 3 is 2.73 bits per heavy atom. The molecule has 22 heavy (non-hydrogen) atoms. The highest BCUT2D eigenvalue weighted by atomic mass is 79.9. The van der Waals surface area contributed by atoms with Gasteiger partial charge < -0.3 is 10.1 Å². The standard InChI is InChI=1S/C15H10BrN3O3/c1-22-10-5-3-2-4-9(10)19-13-11(16)15(21)12-8(14(13)20)6-17-7-18-12/h2-7,19H,1H3. The number of ether oxygens (including phenoxy) is 1. The third-order valence-electron chi connectivity index (χ3n) is 3.18. The Kier molecular flexibility index (Phi) is 3.72. The zero-order valence-corrected chi connectivity index (χ0v) is 13.0. The van der Waals surface area contributed by atoms with Crippen molar-refractivity contribution in [3.63, 3.8) is 0 Å². The topological polar surface area (TPSA) is 81.2 Å². The molecule has 110 valence electrons. The molecule has 1 aliphatic carbocycles. The molecular weight excluding hydrogens is 350 g/mol. The first-order valence-electron chi connectivity index (χ1n) is 6.32. The molecule has 0 aliphatic heterocycles. The molecule has 0 fully saturated rings. The van der Waals surface area contributed by atoms with Gasteiger partial charge in [0.2, 0.25) is 11.6 Å². The second kappa shape index (κ2) is 5.69. The average molecular weight is 360 g/mol. The Morgan fingerprint density at radius 2 is 1.95 bits per heavy atom. The number of benzene rings is 1. The summed E-state index contributed by atoms with van der Waals surface area (Å²) in [6.07, 6.45) is 2.58. The number of carbonyl (C=O) groups is 2. The van der Waals surface area contributed by atoms with Crippen LogP contribution in [0.4, 0.5) is 5.69 Å². The first-order valence-corrected chi connectivity index (χ1v) is 7.12. The first-order chi connectivity index (χ1) is 10.6. The van der Waals surface area contributed by atoms with Crippen LogP contribution in [-0.2, 0) is 0 Å². The lowest BCUT2D eigenvalue weighted by Crippen LogP contribution is -2.25. The number of hydrogen-bond donors (Lipinski definition) is 1. The molecule has 3 rings (SSSR count). The van der Waals surface area contributed by atoms with Gasteiger partial charge in [-0.25, -0.2) is 9.97 Å². The molecule has 7 heteroatoms. The quantitative estimate of drug-likeness (QED) is 0.906. The molecule has 1 N–H and O–H groups in total. The van der Waals surface area contributed by atoms with E-state index in [-0.39, 0.29) is 33.0 Å². The van der Waals surface area contributed by atoms with Gasteiger partial charge in [-0.05, 0) is 28.1 Å². The number of rotatable bonds is 3. The first kappa shape index (κ1) is 14.4. The van der Waals surface area contributed by atoms with Gasteiger partial charge in [-0.15, -0.1) is 0 Å². The maximum Gasteiger partial charge on any atom is 0.221 e. The smallest absolute Gasteiger partial charge is 0.221 e. The molecule has 0 saturated heterocycles. The van der Waals surface area contributed by atoms with E-state index in [1.165, 1.54) is 19.6 Å². The summed E-state index contributed by atoms with van der Waals surface area (Å²) in [5.74, 6) is -0.159. The van der Waals surface area contributed by atoms with Gasteiger partial charge in [0, 0.05) is 6.20 Å². The maximum absolute atomic E-state index is 12.6. The summed E-state index contributed by atoms with van der Waals surface area (Å²) in [5.41, 5.74) is 0.987. The van der Waals surface area contributed by atoms with E-state index in [2.05, 4.69) is 31.2 Å². The van der Waals surface area contributed by atoms with E-state index < -0.39 is 0 Å². The Morgan fingerprint density at radius 1 is 1.18 bits per heavy atom. The van der Waals surface area contributed by atoms with Gasteiger partial charge in [0.25, 0.3) is 0 Å². The van der Waals surface area contributed by atoms with Gasteiger partial charge in [0.05, 0.1) is 22.8 Å². The van der Waals surface area contributed by atoms with Crippen molar-refractivity contribution in [2.45, 2.75) is 0 Å². The van der Waals surface area contributed by atoms with Gasteiger partial charge in [-0.2, -0.15) is 0 Å². The van der Waals surface area contributed by atoms with Crippen molar-refractivity contribution >= 4 is 33.2 Å². The van der Waals surface area contributed by atoms with E-state index in [1.54, 1.807) is 18.2 Å². The maximum atomic E-state index is 12.6. The highest BCUT2D eigenvalue weighted by Gasteiger charge is 2.32. The summed E-state index contributed by atoms with van der Waals surface area (Å²) in [7, 11) is 1.53. The number of halogens is 1. The molecular formula is C15H10BrN3O3. The number of carbonyl (C=O) groups excluding carboxylic acids is 2. The lowest BCUT2D eigenvalue weighted by atomic mass is 9.98. The molecule has 0 radical (unpaired) electrons. The molecule has 6 nitrogen and oxygen atoms in total. The van der Waals surface area contributed by atoms with Crippen LogP contribution in [0.2, 0.25) is 0 Å². The number of allylic oxidation sites excluding steroid dienone is 2. The van der Waals surface area contributed by atoms with Gasteiger partial charge >= 0.3 is 0 Å². The van der Waals surface area contributed by atoms with Crippen molar-refractivity contribution in [1.29, 1.82) is 0 Å². The van der Waals surface area contributed by atoms with Gasteiger partial charge in [-0.1, -0.05) is 12.1 Å². The minimum Gasteiger partial charge on any atom is -0.495 e. The van der Waals surface area contributed by atoms with E-state index >= 15 is 0 Å². The molecule has 1 heterocycles. The number of anilines is 1. The van der Waals surface area contributed by atoms with Crippen molar-refractivity contribution in [2.75, 3.05) is 12.4 Å². The fourth-order valence-corrected chi connectivity index (χ4v) is 2.59. The highest BCUT2D eigenvalue weighted by molar-refractivity contribution is 9.12. The zero-order chi connectivity index (χ0) is 15.7. The number of nitrogens with one attached hydrogen (secondary N) is 1. The van der Waals surface area contributed by atoms with Gasteiger partial charge in [0.1, 0.15) is 23.5 Å². The zero-order valence-electron chi connectivity index (χ0n) is 11.5. The van der Waals surface area contributed by atoms with Crippen LogP contribution in [0.25, 0.3) is 0 Å². The summed E-state index contributed by atoms with van der Waals surface area (Å²) in [6.45, 7) is 0. The Labute approximate surface area is 134 Å². The monoisotopic (exact) mass is 359 g/mol. The largest absolute Gasteiger partial charge is 0.495 e. The summed E-state index contributed by atoms with van der Waals surface area (Å²) >= 11 is 3.18. The molecule has 0 amide bonds. The van der Waals surface area contributed by atoms with Crippen LogP contribution in [0.15, 0.2) is 47.0 Å². The van der Waals surface area contributed by atoms with Gasteiger partial charge in [0.15, 0.2) is 0 Å². The van der Waals surface area contributed by atoms with Crippen molar-refractivity contribution in [3.8, 4) is 5.75 Å². The van der Waals surface area contributed by atoms with E-state index in [4.69, 9.17) is 4.74 Å². The van der Waals surface area contributed by atoms with Crippen molar-refractivity contribution < 1.29 is 14.3 Å². The Hall–Kier alpha value is -2.54. The summed E-state index contributed by atoms with van der Waals surface area (Å²) in [4.78, 5) is 32.5. The predicted molar refractivity (Wildman–Crippen MR) is 83.3 cm³/mol. The molecule has 1 aliphatic rings. The van der Waals surface area contributed by atoms with Crippen molar-refractivity contribution in [3.05, 3.63) is 58.2 Å². The molecule has 0 bridgehead atoms. The third-order valence-corrected chi connectivity index (χ3v) is 3.94.